The second-order valence-electron chi connectivity index (χ2n) is 6.90. The first-order chi connectivity index (χ1) is 14.4. The molecule has 1 aromatic carbocycles. The van der Waals surface area contributed by atoms with Crippen LogP contribution in [0, 0.1) is 25.2 Å². The summed E-state index contributed by atoms with van der Waals surface area (Å²) in [5, 5.41) is 21.4. The van der Waals surface area contributed by atoms with Crippen molar-refractivity contribution in [3.8, 4) is 16.6 Å². The number of rotatable bonds is 7. The summed E-state index contributed by atoms with van der Waals surface area (Å²) in [6.45, 7) is 6.60. The maximum absolute atomic E-state index is 12.6. The molecule has 0 radical (unpaired) electrons. The zero-order valence-electron chi connectivity index (χ0n) is 17.3. The van der Waals surface area contributed by atoms with Crippen molar-refractivity contribution in [2.24, 2.45) is 0 Å². The Hall–Kier alpha value is -3.28. The van der Waals surface area contributed by atoms with Crippen LogP contribution in [-0.4, -0.2) is 34.4 Å². The number of amides is 1. The van der Waals surface area contributed by atoms with Gasteiger partial charge in [0.05, 0.1) is 12.6 Å². The minimum absolute atomic E-state index is 0.00565. The van der Waals surface area contributed by atoms with Crippen molar-refractivity contribution in [3.63, 3.8) is 0 Å². The van der Waals surface area contributed by atoms with Crippen molar-refractivity contribution in [1.29, 1.82) is 5.26 Å². The van der Waals surface area contributed by atoms with E-state index in [0.717, 1.165) is 22.5 Å². The Morgan fingerprint density at radius 1 is 1.33 bits per heavy atom. The molecule has 0 aliphatic rings. The lowest BCUT2D eigenvalue weighted by molar-refractivity contribution is -0.112. The number of nitrogens with one attached hydrogen (secondary N) is 1. The number of carbonyl (C=O) groups is 1. The number of hydrogen-bond donors (Lipinski definition) is 1. The van der Waals surface area contributed by atoms with Crippen molar-refractivity contribution >= 4 is 28.5 Å². The number of hydrogen-bond acceptors (Lipinski definition) is 6. The van der Waals surface area contributed by atoms with Crippen LogP contribution in [0.25, 0.3) is 16.6 Å². The lowest BCUT2D eigenvalue weighted by Gasteiger charge is -2.17. The molecule has 0 spiro atoms. The Bertz CT molecular complexity index is 1110. The fraction of sp³-hybridized carbons (Fsp3) is 0.273. The molecule has 2 aromatic heterocycles. The van der Waals surface area contributed by atoms with Gasteiger partial charge in [-0.25, -0.2) is 0 Å². The number of anilines is 1. The summed E-state index contributed by atoms with van der Waals surface area (Å²) >= 11 is 1.26. The van der Waals surface area contributed by atoms with Crippen LogP contribution in [0.4, 0.5) is 5.13 Å². The molecule has 1 N–H and O–H groups in total. The van der Waals surface area contributed by atoms with Crippen LogP contribution >= 0.6 is 11.3 Å². The number of nitrogens with zero attached hydrogens (tertiary/aromatic N) is 4. The molecule has 0 saturated carbocycles. The number of aryl methyl sites for hydroxylation is 1. The Balaban J connectivity index is 1.81. The Kier molecular flexibility index (Phi) is 6.77. The van der Waals surface area contributed by atoms with Crippen LogP contribution in [0.15, 0.2) is 42.0 Å². The number of methoxy groups -OCH3 is 1. The normalized spacial score (nSPS) is 12.4. The molecule has 1 atom stereocenters. The van der Waals surface area contributed by atoms with E-state index in [1.165, 1.54) is 11.3 Å². The predicted octanol–water partition coefficient (Wildman–Crippen LogP) is 4.38. The molecule has 3 rings (SSSR count). The summed E-state index contributed by atoms with van der Waals surface area (Å²) in [6.07, 6.45) is 1.60. The van der Waals surface area contributed by atoms with Gasteiger partial charge in [0.2, 0.25) is 5.13 Å². The number of ether oxygens (including phenoxy) is 1. The molecule has 0 aliphatic carbocycles. The monoisotopic (exact) mass is 421 g/mol. The summed E-state index contributed by atoms with van der Waals surface area (Å²) in [7, 11) is 1.67. The lowest BCUT2D eigenvalue weighted by atomic mass is 10.1. The fourth-order valence-corrected chi connectivity index (χ4v) is 4.13. The van der Waals surface area contributed by atoms with Crippen LogP contribution in [0.3, 0.4) is 0 Å². The highest BCUT2D eigenvalue weighted by Crippen LogP contribution is 2.27. The van der Waals surface area contributed by atoms with E-state index < -0.39 is 5.91 Å². The van der Waals surface area contributed by atoms with Crippen molar-refractivity contribution in [2.75, 3.05) is 19.0 Å². The second kappa shape index (κ2) is 9.48. The SMILES string of the molecule is COCC(C)n1c(C)cc(/C=C(/C#N)C(=O)Nc2nnc(-c3ccccc3)s2)c1C. The maximum atomic E-state index is 12.6. The van der Waals surface area contributed by atoms with E-state index in [1.807, 2.05) is 56.3 Å². The Morgan fingerprint density at radius 2 is 2.07 bits per heavy atom. The molecule has 0 saturated heterocycles. The van der Waals surface area contributed by atoms with Crippen LogP contribution in [0.1, 0.15) is 29.9 Å². The summed E-state index contributed by atoms with van der Waals surface area (Å²) in [6, 6.07) is 13.7. The molecular formula is C22H23N5O2S. The standard InChI is InChI=1S/C22H23N5O2S/c1-14-10-18(16(3)27(14)15(2)13-29-4)11-19(12-23)20(28)24-22-26-25-21(30-22)17-8-6-5-7-9-17/h5-11,15H,13H2,1-4H3,(H,24,26,28)/b19-11-. The van der Waals surface area contributed by atoms with Gasteiger partial charge in [-0.3, -0.25) is 10.1 Å². The molecule has 0 fully saturated rings. The average Bonchev–Trinajstić information content (AvgIpc) is 3.30. The third-order valence-electron chi connectivity index (χ3n) is 4.70. The molecule has 8 heteroatoms. The third kappa shape index (κ3) is 4.64. The Labute approximate surface area is 179 Å². The van der Waals surface area contributed by atoms with Gasteiger partial charge < -0.3 is 9.30 Å². The van der Waals surface area contributed by atoms with E-state index in [1.54, 1.807) is 13.2 Å². The van der Waals surface area contributed by atoms with Gasteiger partial charge in [0, 0.05) is 24.1 Å². The second-order valence-corrected chi connectivity index (χ2v) is 7.88. The van der Waals surface area contributed by atoms with Gasteiger partial charge in [-0.2, -0.15) is 5.26 Å². The third-order valence-corrected chi connectivity index (χ3v) is 5.59. The molecular weight excluding hydrogens is 398 g/mol. The van der Waals surface area contributed by atoms with E-state index in [-0.39, 0.29) is 11.6 Å². The van der Waals surface area contributed by atoms with Crippen LogP contribution in [-0.2, 0) is 9.53 Å². The highest BCUT2D eigenvalue weighted by atomic mass is 32.1. The van der Waals surface area contributed by atoms with Gasteiger partial charge in [-0.15, -0.1) is 10.2 Å². The molecule has 3 aromatic rings. The summed E-state index contributed by atoms with van der Waals surface area (Å²) in [4.78, 5) is 12.6. The van der Waals surface area contributed by atoms with Gasteiger partial charge in [0.1, 0.15) is 16.6 Å². The van der Waals surface area contributed by atoms with Crippen molar-refractivity contribution in [3.05, 3.63) is 58.9 Å². The first kappa shape index (κ1) is 21.4. The van der Waals surface area contributed by atoms with Crippen LogP contribution in [0.5, 0.6) is 0 Å². The minimum atomic E-state index is -0.511. The molecule has 0 bridgehead atoms. The van der Waals surface area contributed by atoms with E-state index in [2.05, 4.69) is 27.0 Å². The van der Waals surface area contributed by atoms with Crippen LogP contribution in [0.2, 0.25) is 0 Å². The molecule has 1 amide bonds. The number of nitriles is 1. The molecule has 7 nitrogen and oxygen atoms in total. The maximum Gasteiger partial charge on any atom is 0.268 e. The topological polar surface area (TPSA) is 92.8 Å². The highest BCUT2D eigenvalue weighted by Gasteiger charge is 2.17. The van der Waals surface area contributed by atoms with Crippen molar-refractivity contribution in [1.82, 2.24) is 14.8 Å². The minimum Gasteiger partial charge on any atom is -0.383 e. The van der Waals surface area contributed by atoms with E-state index in [9.17, 15) is 10.1 Å². The number of carbonyl (C=O) groups excluding carboxylic acids is 1. The number of aromatic nitrogens is 3. The number of benzene rings is 1. The first-order valence-corrected chi connectivity index (χ1v) is 10.3. The van der Waals surface area contributed by atoms with Crippen molar-refractivity contribution in [2.45, 2.75) is 26.8 Å². The zero-order valence-corrected chi connectivity index (χ0v) is 18.2. The first-order valence-electron chi connectivity index (χ1n) is 9.44. The summed E-state index contributed by atoms with van der Waals surface area (Å²) in [5.74, 6) is -0.511. The molecule has 2 heterocycles. The van der Waals surface area contributed by atoms with Gasteiger partial charge in [-0.05, 0) is 38.5 Å². The van der Waals surface area contributed by atoms with Gasteiger partial charge in [0.25, 0.3) is 5.91 Å². The molecule has 30 heavy (non-hydrogen) atoms. The average molecular weight is 422 g/mol. The van der Waals surface area contributed by atoms with E-state index >= 15 is 0 Å². The van der Waals surface area contributed by atoms with Gasteiger partial charge >= 0.3 is 0 Å². The van der Waals surface area contributed by atoms with E-state index in [0.29, 0.717) is 16.7 Å². The summed E-state index contributed by atoms with van der Waals surface area (Å²) in [5.41, 5.74) is 3.76. The van der Waals surface area contributed by atoms with Crippen molar-refractivity contribution < 1.29 is 9.53 Å². The Morgan fingerprint density at radius 3 is 2.73 bits per heavy atom. The quantitative estimate of drug-likeness (QED) is 0.451. The van der Waals surface area contributed by atoms with E-state index in [4.69, 9.17) is 4.74 Å². The van der Waals surface area contributed by atoms with Gasteiger partial charge in [-0.1, -0.05) is 41.7 Å². The predicted molar refractivity (Wildman–Crippen MR) is 118 cm³/mol. The molecule has 1 unspecified atom stereocenters. The van der Waals surface area contributed by atoms with Gasteiger partial charge in [0.15, 0.2) is 0 Å². The largest absolute Gasteiger partial charge is 0.383 e. The van der Waals surface area contributed by atoms with Crippen LogP contribution < -0.4 is 5.32 Å². The zero-order chi connectivity index (χ0) is 21.7. The highest BCUT2D eigenvalue weighted by molar-refractivity contribution is 7.18. The summed E-state index contributed by atoms with van der Waals surface area (Å²) < 4.78 is 7.39. The smallest absolute Gasteiger partial charge is 0.268 e. The molecule has 0 aliphatic heterocycles. The lowest BCUT2D eigenvalue weighted by Crippen LogP contribution is -2.14. The fourth-order valence-electron chi connectivity index (χ4n) is 3.38. The molecule has 154 valence electrons.